The van der Waals surface area contributed by atoms with Gasteiger partial charge in [0.2, 0.25) is 41.5 Å². The molecule has 822 valence electrons. The van der Waals surface area contributed by atoms with Crippen molar-refractivity contribution < 1.29 is 179 Å². The second-order valence-electron chi connectivity index (χ2n) is 39.4. The molecule has 3 saturated heterocycles. The predicted molar refractivity (Wildman–Crippen MR) is 517 cm³/mol. The Morgan fingerprint density at radius 1 is 0.678 bits per heavy atom. The second-order valence-corrected chi connectivity index (χ2v) is 39.4. The zero-order valence-corrected chi connectivity index (χ0v) is 86.0. The Labute approximate surface area is 861 Å². The number of methoxy groups -OCH3 is 2. The topological polar surface area (TPSA) is 651 Å². The maximum Gasteiger partial charge on any atom is 0.408 e. The molecule has 47 heteroatoms. The lowest BCUT2D eigenvalue weighted by Crippen LogP contribution is -2.81. The average Bonchev–Trinajstić information content (AvgIpc) is 0.939. The Kier molecular flexibility index (Phi) is 43.6. The molecule has 149 heavy (non-hydrogen) atoms. The molecule has 7 amide bonds. The molecule has 4 heterocycles. The standard InChI is InChI=1S/C102H142N10O37/c1-14-138-91(129)62(32-24-25-40-103-76(122)53-137-54-77(123)145-86(79(60-28-19-16-20-29-60)109-97(133)149-98(6,7)8)94(132)142-68-48-102(134)90(147-92(130)61-30-21-17-22-31-61)88-100(11,89(128)83(126)78(56(68)3)99(102,9)10)70(117)47-71-101(88,55-141-71)148-58(5)115)45-64(116)49-105-75(121)50-106-72(118)35-27-33-63-51-112(111-110-63)42-26-18-23-34-73(119)108-66(93(131)139-15-2)44-59-36-38-65(39-37-59)140-43-41-104-74(120)46-67-81(124)87(135-12)84(127)96(143-67)146-85-80(107-57(4)114)95(136-13)144-69(52-113)82(85)125/h16-17,19-22,28-31,36-39,51,62,66-71,79-88,90,95-96,113,117,124-127,134H,14-15,18,23-27,32-35,40-50,52-55H2,1-13H3,(H,103,122)(H,104,120)(H,105,121)(H,106,118)(H,107,114)(H,108,119)(H,109,133)/t62-,66+,67?,68+,69?,70+,71-,79?,80?,81-,82-,83-,84?,85-,86-,87+,88+,90+,95-,96+,100-,101+,102-/m1/s1. The van der Waals surface area contributed by atoms with E-state index in [-0.39, 0.29) is 112 Å². The van der Waals surface area contributed by atoms with Gasteiger partial charge >= 0.3 is 41.9 Å². The van der Waals surface area contributed by atoms with E-state index in [1.165, 1.54) is 73.1 Å². The molecule has 3 aromatic carbocycles. The number of amides is 7. The van der Waals surface area contributed by atoms with Crippen molar-refractivity contribution >= 4 is 88.9 Å². The van der Waals surface area contributed by atoms with Crippen molar-refractivity contribution in [1.29, 1.82) is 0 Å². The molecule has 2 saturated carbocycles. The van der Waals surface area contributed by atoms with E-state index in [4.69, 9.17) is 71.1 Å². The Balaban J connectivity index is 0.619. The maximum absolute atomic E-state index is 15.5. The zero-order chi connectivity index (χ0) is 109. The van der Waals surface area contributed by atoms with Gasteiger partial charge in [0.05, 0.1) is 93.2 Å². The molecule has 23 atom stereocenters. The minimum atomic E-state index is -2.56. The molecule has 6 aliphatic rings. The summed E-state index contributed by atoms with van der Waals surface area (Å²) in [4.78, 5) is 203. The van der Waals surface area contributed by atoms with Crippen molar-refractivity contribution in [2.45, 2.75) is 306 Å². The van der Waals surface area contributed by atoms with Gasteiger partial charge in [-0.2, -0.15) is 0 Å². The van der Waals surface area contributed by atoms with E-state index in [2.05, 4.69) is 47.5 Å². The molecule has 4 aromatic rings. The lowest BCUT2D eigenvalue weighted by atomic mass is 9.44. The van der Waals surface area contributed by atoms with Gasteiger partial charge in [-0.15, -0.1) is 5.10 Å². The summed E-state index contributed by atoms with van der Waals surface area (Å²) in [5.41, 5.74) is -8.28. The van der Waals surface area contributed by atoms with Crippen LogP contribution in [0.5, 0.6) is 5.75 Å². The fraction of sp³-hybridized carbons (Fsp3) is 0.637. The fourth-order valence-corrected chi connectivity index (χ4v) is 19.7. The molecule has 5 fully saturated rings. The number of aryl methyl sites for hydroxylation is 2. The summed E-state index contributed by atoms with van der Waals surface area (Å²) in [5.74, 6) is -12.9. The SMILES string of the molecule is CCOC(=O)[C@H](CCCCNC(=O)COCC(=O)O[C@@H](C(=O)O[C@H]1C[C@@]2(O)[C@@H](OC(=O)c3ccccc3)[C@@H]3[C@]4(OC(C)=O)CO[C@@H]4C[C@H](O)[C@@]3(C)C(=O)[C@H](O)C(=C1C)C2(C)C)C(NC(=O)OC(C)(C)C)c1ccccc1)CC(=O)CNC(=O)CNC(=O)CCCc1cn(CCCCCC(=O)N[C@@H](Cc2ccc(OCCNC(=O)CC3O[C@@H](O[C@@H]4C(NC(C)=O)[C@H](OC)OC(CO)[C@H]4O)C(O)[C@@H](OC)[C@@H]3O)cc2)C(=O)OCC)nn1. The van der Waals surface area contributed by atoms with Crippen molar-refractivity contribution in [2.75, 3.05) is 86.6 Å². The largest absolute Gasteiger partial charge is 0.492 e. The molecule has 5 unspecified atom stereocenters. The number of rotatable bonds is 53. The smallest absolute Gasteiger partial charge is 0.408 e. The third kappa shape index (κ3) is 31.2. The van der Waals surface area contributed by atoms with E-state index in [1.54, 1.807) is 106 Å². The van der Waals surface area contributed by atoms with Crippen LogP contribution in [0.25, 0.3) is 0 Å². The van der Waals surface area contributed by atoms with Gasteiger partial charge < -0.3 is 144 Å². The van der Waals surface area contributed by atoms with Crippen LogP contribution in [0.3, 0.4) is 0 Å². The lowest BCUT2D eigenvalue weighted by molar-refractivity contribution is -0.346. The number of nitrogens with one attached hydrogen (secondary N) is 7. The summed E-state index contributed by atoms with van der Waals surface area (Å²) in [6.45, 7) is 12.9. The molecule has 0 spiro atoms. The van der Waals surface area contributed by atoms with Gasteiger partial charge in [-0.1, -0.05) is 92.6 Å². The molecule has 1 aromatic heterocycles. The van der Waals surface area contributed by atoms with Gasteiger partial charge in [0.15, 0.2) is 29.7 Å². The quantitative estimate of drug-likeness (QED) is 0.0126. The number of benzene rings is 3. The van der Waals surface area contributed by atoms with Crippen LogP contribution < -0.4 is 42.0 Å². The first-order valence-electron chi connectivity index (χ1n) is 49.9. The van der Waals surface area contributed by atoms with Crippen LogP contribution in [0.4, 0.5) is 4.79 Å². The number of carbonyl (C=O) groups is 15. The number of ketones is 2. The lowest BCUT2D eigenvalue weighted by Gasteiger charge is -2.67. The summed E-state index contributed by atoms with van der Waals surface area (Å²) >= 11 is 0. The highest BCUT2D eigenvalue weighted by atomic mass is 16.7. The molecular weight excluding hydrogens is 1960 g/mol. The Morgan fingerprint density at radius 2 is 1.34 bits per heavy atom. The summed E-state index contributed by atoms with van der Waals surface area (Å²) in [7, 11) is 2.50. The number of Topliss-reactive ketones (excluding diaryl/α,β-unsaturated/α-hetero) is 2. The van der Waals surface area contributed by atoms with Crippen molar-refractivity contribution in [3.63, 3.8) is 0 Å². The molecule has 0 radical (unpaired) electrons. The number of nitrogens with zero attached hydrogens (tertiary/aromatic N) is 3. The number of aliphatic hydroxyl groups is 7. The van der Waals surface area contributed by atoms with Crippen molar-refractivity contribution in [3.05, 3.63) is 125 Å². The second kappa shape index (κ2) is 54.7. The van der Waals surface area contributed by atoms with E-state index < -0.39 is 285 Å². The van der Waals surface area contributed by atoms with Crippen LogP contribution >= 0.6 is 0 Å². The number of aromatic nitrogens is 3. The van der Waals surface area contributed by atoms with Gasteiger partial charge in [-0.25, -0.2) is 24.0 Å². The highest BCUT2D eigenvalue weighted by molar-refractivity contribution is 5.95. The van der Waals surface area contributed by atoms with Gasteiger partial charge in [-0.3, -0.25) is 52.6 Å². The number of fused-ring (bicyclic) bond motifs is 5. The summed E-state index contributed by atoms with van der Waals surface area (Å²) < 4.78 is 87.9. The number of aliphatic hydroxyl groups excluding tert-OH is 6. The van der Waals surface area contributed by atoms with Crippen LogP contribution in [0.1, 0.15) is 193 Å². The number of alkyl carbamates (subject to hydrolysis) is 1. The first kappa shape index (κ1) is 119. The monoisotopic (exact) mass is 2100 g/mol. The molecule has 2 bridgehead atoms. The molecule has 10 rings (SSSR count). The third-order valence-corrected chi connectivity index (χ3v) is 27.3. The van der Waals surface area contributed by atoms with Gasteiger partial charge in [0.25, 0.3) is 0 Å². The number of ether oxygens (including phenoxy) is 15. The van der Waals surface area contributed by atoms with Crippen LogP contribution in [0.2, 0.25) is 0 Å². The molecule has 3 aliphatic carbocycles. The summed E-state index contributed by atoms with van der Waals surface area (Å²) in [6, 6.07) is 18.2. The maximum atomic E-state index is 15.5. The van der Waals surface area contributed by atoms with E-state index in [1.807, 2.05) is 0 Å². The van der Waals surface area contributed by atoms with Crippen LogP contribution in [-0.2, 0) is 148 Å². The van der Waals surface area contributed by atoms with Gasteiger partial charge in [0.1, 0.15) is 116 Å². The molecule has 3 aliphatic heterocycles. The predicted octanol–water partition coefficient (Wildman–Crippen LogP) is 0.911. The van der Waals surface area contributed by atoms with Crippen LogP contribution in [0.15, 0.2) is 102 Å². The highest BCUT2D eigenvalue weighted by Gasteiger charge is 2.78. The Hall–Kier alpha value is -12.0. The van der Waals surface area contributed by atoms with E-state index in [0.29, 0.717) is 55.7 Å². The number of hydrogen-bond donors (Lipinski definition) is 14. The van der Waals surface area contributed by atoms with Crippen molar-refractivity contribution in [3.8, 4) is 5.75 Å². The summed E-state index contributed by atoms with van der Waals surface area (Å²) in [6.07, 6.45) is -21.3. The van der Waals surface area contributed by atoms with Crippen LogP contribution in [0, 0.1) is 22.7 Å². The van der Waals surface area contributed by atoms with Crippen LogP contribution in [-0.4, -0.2) is 347 Å². The average molecular weight is 2100 g/mol. The van der Waals surface area contributed by atoms with E-state index in [0.717, 1.165) is 6.92 Å². The Bertz CT molecular complexity index is 5280. The number of unbranched alkanes of at least 4 members (excludes halogenated alkanes) is 3. The highest BCUT2D eigenvalue weighted by Crippen LogP contribution is 2.64. The van der Waals surface area contributed by atoms with Gasteiger partial charge in [0, 0.05) is 91.3 Å². The van der Waals surface area contributed by atoms with E-state index >= 15 is 9.59 Å². The minimum absolute atomic E-state index is 0.000714. The zero-order valence-electron chi connectivity index (χ0n) is 86.0. The first-order valence-corrected chi connectivity index (χ1v) is 49.9. The third-order valence-electron chi connectivity index (χ3n) is 27.3. The van der Waals surface area contributed by atoms with E-state index in [9.17, 15) is 98.1 Å². The molecule has 14 N–H and O–H groups in total. The van der Waals surface area contributed by atoms with Crippen molar-refractivity contribution in [2.24, 2.45) is 22.7 Å². The molecular formula is C102H142N10O37. The summed E-state index contributed by atoms with van der Waals surface area (Å²) in [5, 5.41) is 109. The normalized spacial score (nSPS) is 26.6. The van der Waals surface area contributed by atoms with Crippen molar-refractivity contribution in [1.82, 2.24) is 52.2 Å². The fourth-order valence-electron chi connectivity index (χ4n) is 19.7. The number of esters is 6. The number of carbonyl (C=O) groups excluding carboxylic acids is 15. The first-order chi connectivity index (χ1) is 70.7. The number of hydrogen-bond acceptors (Lipinski definition) is 39. The molecule has 47 nitrogen and oxygen atoms in total. The minimum Gasteiger partial charge on any atom is -0.492 e. The van der Waals surface area contributed by atoms with Gasteiger partial charge in [-0.05, 0) is 134 Å². The Morgan fingerprint density at radius 3 is 1.99 bits per heavy atom.